The van der Waals surface area contributed by atoms with Gasteiger partial charge in [-0.2, -0.15) is 10.2 Å². The molecule has 2 aliphatic rings. The lowest BCUT2D eigenvalue weighted by atomic mass is 10.0. The van der Waals surface area contributed by atoms with Crippen LogP contribution in [0.1, 0.15) is 50.1 Å². The number of nitrogens with zero attached hydrogens (tertiary/aromatic N) is 3. The third kappa shape index (κ3) is 3.19. The molecule has 4 heteroatoms. The van der Waals surface area contributed by atoms with Gasteiger partial charge in [-0.1, -0.05) is 30.3 Å². The van der Waals surface area contributed by atoms with E-state index >= 15 is 0 Å². The maximum atomic E-state index is 12.6. The van der Waals surface area contributed by atoms with Crippen molar-refractivity contribution in [2.24, 2.45) is 10.2 Å². The number of carbonyl (C=O) groups excluding carboxylic acids is 1. The highest BCUT2D eigenvalue weighted by Gasteiger charge is 2.40. The predicted octanol–water partition coefficient (Wildman–Crippen LogP) is 3.71. The number of likely N-dealkylation sites (tertiary alicyclic amines) is 1. The van der Waals surface area contributed by atoms with Gasteiger partial charge in [-0.3, -0.25) is 4.79 Å². The molecule has 1 atom stereocenters. The van der Waals surface area contributed by atoms with E-state index in [1.165, 1.54) is 5.56 Å². The molecule has 22 heavy (non-hydrogen) atoms. The number of rotatable bonds is 6. The van der Waals surface area contributed by atoms with Crippen LogP contribution in [0.3, 0.4) is 0 Å². The molecule has 1 aromatic carbocycles. The number of terminal acetylenes is 1. The second kappa shape index (κ2) is 6.31. The molecule has 2 heterocycles. The lowest BCUT2D eigenvalue weighted by molar-refractivity contribution is -0.132. The molecule has 3 rings (SSSR count). The smallest absolute Gasteiger partial charge is 0.223 e. The molecule has 0 aliphatic carbocycles. The molecule has 1 fully saturated rings. The van der Waals surface area contributed by atoms with Crippen molar-refractivity contribution in [2.75, 3.05) is 6.54 Å². The monoisotopic (exact) mass is 295 g/mol. The third-order valence-corrected chi connectivity index (χ3v) is 4.55. The van der Waals surface area contributed by atoms with Crippen LogP contribution >= 0.6 is 0 Å². The van der Waals surface area contributed by atoms with Crippen LogP contribution in [-0.4, -0.2) is 23.0 Å². The molecule has 0 N–H and O–H groups in total. The summed E-state index contributed by atoms with van der Waals surface area (Å²) in [4.78, 5) is 14.6. The first-order chi connectivity index (χ1) is 10.7. The highest BCUT2D eigenvalue weighted by Crippen LogP contribution is 2.39. The standard InChI is InChI=1S/C18H21N3O/c1-2-3-12-18(19-20-18)13-11-17(22)21-14-7-10-16(21)15-8-5-4-6-9-15/h1,4-6,8-9,16H,3,7,10-14H2/t16-/m1/s1. The molecule has 0 aromatic heterocycles. The normalized spacial score (nSPS) is 21.6. The van der Waals surface area contributed by atoms with Crippen LogP contribution in [0.2, 0.25) is 0 Å². The highest BCUT2D eigenvalue weighted by atomic mass is 16.2. The van der Waals surface area contributed by atoms with Gasteiger partial charge in [0.25, 0.3) is 0 Å². The Morgan fingerprint density at radius 3 is 2.77 bits per heavy atom. The summed E-state index contributed by atoms with van der Waals surface area (Å²) in [6.45, 7) is 0.851. The summed E-state index contributed by atoms with van der Waals surface area (Å²) in [5.74, 6) is 2.83. The molecule has 0 bridgehead atoms. The minimum absolute atomic E-state index is 0.212. The molecule has 2 aliphatic heterocycles. The molecular formula is C18H21N3O. The zero-order valence-electron chi connectivity index (χ0n) is 12.7. The van der Waals surface area contributed by atoms with E-state index in [1.54, 1.807) is 0 Å². The molecule has 114 valence electrons. The van der Waals surface area contributed by atoms with E-state index in [9.17, 15) is 4.79 Å². The first kappa shape index (κ1) is 14.8. The van der Waals surface area contributed by atoms with Crippen molar-refractivity contribution >= 4 is 5.91 Å². The Labute approximate surface area is 131 Å². The summed E-state index contributed by atoms with van der Waals surface area (Å²) in [6.07, 6.45) is 10.0. The summed E-state index contributed by atoms with van der Waals surface area (Å²) in [5.41, 5.74) is 0.875. The van der Waals surface area contributed by atoms with Crippen LogP contribution in [0.4, 0.5) is 0 Å². The van der Waals surface area contributed by atoms with Crippen molar-refractivity contribution in [1.29, 1.82) is 0 Å². The molecule has 4 nitrogen and oxygen atoms in total. The highest BCUT2D eigenvalue weighted by molar-refractivity contribution is 5.77. The van der Waals surface area contributed by atoms with Gasteiger partial charge >= 0.3 is 0 Å². The Hall–Kier alpha value is -2.15. The van der Waals surface area contributed by atoms with Gasteiger partial charge in [-0.05, 0) is 18.4 Å². The molecule has 1 aromatic rings. The lowest BCUT2D eigenvalue weighted by Gasteiger charge is -2.25. The third-order valence-electron chi connectivity index (χ3n) is 4.55. The number of carbonyl (C=O) groups is 1. The van der Waals surface area contributed by atoms with Crippen molar-refractivity contribution in [1.82, 2.24) is 4.90 Å². The fraction of sp³-hybridized carbons (Fsp3) is 0.500. The molecule has 1 saturated heterocycles. The summed E-state index contributed by atoms with van der Waals surface area (Å²) in [6, 6.07) is 10.5. The Morgan fingerprint density at radius 1 is 1.32 bits per heavy atom. The van der Waals surface area contributed by atoms with E-state index < -0.39 is 0 Å². The van der Waals surface area contributed by atoms with Crippen LogP contribution in [0.15, 0.2) is 40.6 Å². The fourth-order valence-corrected chi connectivity index (χ4v) is 3.21. The number of hydrogen-bond donors (Lipinski definition) is 0. The largest absolute Gasteiger partial charge is 0.336 e. The van der Waals surface area contributed by atoms with Gasteiger partial charge in [0.1, 0.15) is 0 Å². The second-order valence-electron chi connectivity index (χ2n) is 6.04. The molecular weight excluding hydrogens is 274 g/mol. The van der Waals surface area contributed by atoms with Gasteiger partial charge in [0, 0.05) is 32.2 Å². The average Bonchev–Trinajstić information content (AvgIpc) is 3.16. The zero-order valence-corrected chi connectivity index (χ0v) is 12.7. The molecule has 0 saturated carbocycles. The minimum Gasteiger partial charge on any atom is -0.336 e. The molecule has 1 amide bonds. The first-order valence-corrected chi connectivity index (χ1v) is 7.96. The van der Waals surface area contributed by atoms with E-state index in [-0.39, 0.29) is 17.6 Å². The number of hydrogen-bond acceptors (Lipinski definition) is 3. The predicted molar refractivity (Wildman–Crippen MR) is 85.0 cm³/mol. The molecule has 0 spiro atoms. The molecule has 0 radical (unpaired) electrons. The Bertz CT molecular complexity index is 597. The van der Waals surface area contributed by atoms with E-state index in [1.807, 2.05) is 23.1 Å². The fourth-order valence-electron chi connectivity index (χ4n) is 3.21. The van der Waals surface area contributed by atoms with Crippen LogP contribution in [0.25, 0.3) is 0 Å². The minimum atomic E-state index is -0.357. The Kier molecular flexibility index (Phi) is 4.24. The van der Waals surface area contributed by atoms with Gasteiger partial charge in [0.15, 0.2) is 5.66 Å². The van der Waals surface area contributed by atoms with Gasteiger partial charge < -0.3 is 4.90 Å². The quantitative estimate of drug-likeness (QED) is 0.738. The number of amides is 1. The molecule has 0 unspecified atom stereocenters. The number of benzene rings is 1. The maximum Gasteiger partial charge on any atom is 0.223 e. The van der Waals surface area contributed by atoms with E-state index in [2.05, 4.69) is 28.3 Å². The lowest BCUT2D eigenvalue weighted by Crippen LogP contribution is -2.31. The summed E-state index contributed by atoms with van der Waals surface area (Å²) < 4.78 is 0. The van der Waals surface area contributed by atoms with Gasteiger partial charge in [-0.15, -0.1) is 12.3 Å². The summed E-state index contributed by atoms with van der Waals surface area (Å²) >= 11 is 0. The van der Waals surface area contributed by atoms with Gasteiger partial charge in [0.05, 0.1) is 6.04 Å². The Morgan fingerprint density at radius 2 is 2.09 bits per heavy atom. The van der Waals surface area contributed by atoms with Crippen LogP contribution < -0.4 is 0 Å². The summed E-state index contributed by atoms with van der Waals surface area (Å²) in [7, 11) is 0. The van der Waals surface area contributed by atoms with Crippen LogP contribution in [0.5, 0.6) is 0 Å². The van der Waals surface area contributed by atoms with Gasteiger partial charge in [0.2, 0.25) is 5.91 Å². The van der Waals surface area contributed by atoms with Crippen molar-refractivity contribution in [2.45, 2.75) is 50.2 Å². The van der Waals surface area contributed by atoms with E-state index in [4.69, 9.17) is 6.42 Å². The zero-order chi connectivity index (χ0) is 15.4. The second-order valence-corrected chi connectivity index (χ2v) is 6.04. The van der Waals surface area contributed by atoms with E-state index in [0.717, 1.165) is 25.8 Å². The average molecular weight is 295 g/mol. The SMILES string of the molecule is C#CCCC1(CCC(=O)N2CCC[C@@H]2c2ccccc2)N=N1. The topological polar surface area (TPSA) is 45.0 Å². The van der Waals surface area contributed by atoms with E-state index in [0.29, 0.717) is 19.3 Å². The van der Waals surface area contributed by atoms with Crippen LogP contribution in [0, 0.1) is 12.3 Å². The van der Waals surface area contributed by atoms with Crippen molar-refractivity contribution in [3.63, 3.8) is 0 Å². The van der Waals surface area contributed by atoms with Crippen molar-refractivity contribution < 1.29 is 4.79 Å². The Balaban J connectivity index is 1.57. The summed E-state index contributed by atoms with van der Waals surface area (Å²) in [5, 5.41) is 8.21. The maximum absolute atomic E-state index is 12.6. The van der Waals surface area contributed by atoms with Crippen molar-refractivity contribution in [3.8, 4) is 12.3 Å². The van der Waals surface area contributed by atoms with Crippen LogP contribution in [-0.2, 0) is 4.79 Å². The van der Waals surface area contributed by atoms with Crippen molar-refractivity contribution in [3.05, 3.63) is 35.9 Å². The van der Waals surface area contributed by atoms with Gasteiger partial charge in [-0.25, -0.2) is 0 Å². The first-order valence-electron chi connectivity index (χ1n) is 7.96.